The summed E-state index contributed by atoms with van der Waals surface area (Å²) in [5.74, 6) is 0.568. The minimum Gasteiger partial charge on any atom is -0.484 e. The molecule has 136 valence electrons. The van der Waals surface area contributed by atoms with E-state index < -0.39 is 0 Å². The van der Waals surface area contributed by atoms with Crippen LogP contribution in [0.5, 0.6) is 5.75 Å². The minimum absolute atomic E-state index is 0.0265. The predicted molar refractivity (Wildman–Crippen MR) is 92.4 cm³/mol. The van der Waals surface area contributed by atoms with Crippen LogP contribution in [-0.2, 0) is 20.7 Å². The fourth-order valence-electron chi connectivity index (χ4n) is 2.59. The Morgan fingerprint density at radius 2 is 2.04 bits per heavy atom. The molecule has 1 aliphatic carbocycles. The van der Waals surface area contributed by atoms with Gasteiger partial charge in [-0.1, -0.05) is 12.1 Å². The molecule has 0 aromatic heterocycles. The first kappa shape index (κ1) is 17.7. The number of rotatable bonds is 8. The Balaban J connectivity index is 1.34. The lowest BCUT2D eigenvalue weighted by Gasteiger charge is -2.22. The Bertz CT molecular complexity index is 580. The first-order valence-corrected chi connectivity index (χ1v) is 8.80. The summed E-state index contributed by atoms with van der Waals surface area (Å²) in [6, 6.07) is 7.68. The highest BCUT2D eigenvalue weighted by molar-refractivity contribution is 5.82. The smallest absolute Gasteiger partial charge is 0.258 e. The third kappa shape index (κ3) is 6.03. The molecule has 1 aromatic rings. The zero-order valence-electron chi connectivity index (χ0n) is 14.3. The molecule has 7 nitrogen and oxygen atoms in total. The van der Waals surface area contributed by atoms with E-state index in [-0.39, 0.29) is 24.5 Å². The van der Waals surface area contributed by atoms with Crippen molar-refractivity contribution in [1.29, 1.82) is 0 Å². The Morgan fingerprint density at radius 3 is 2.72 bits per heavy atom. The van der Waals surface area contributed by atoms with Gasteiger partial charge in [0.15, 0.2) is 6.61 Å². The highest BCUT2D eigenvalue weighted by Crippen LogP contribution is 2.18. The van der Waals surface area contributed by atoms with E-state index in [1.807, 2.05) is 24.3 Å². The summed E-state index contributed by atoms with van der Waals surface area (Å²) in [5, 5.41) is 8.92. The third-order valence-electron chi connectivity index (χ3n) is 4.19. The van der Waals surface area contributed by atoms with Crippen molar-refractivity contribution in [3.8, 4) is 5.75 Å². The molecular weight excluding hydrogens is 322 g/mol. The molecule has 3 rings (SSSR count). The molecule has 1 aromatic carbocycles. The van der Waals surface area contributed by atoms with E-state index in [9.17, 15) is 9.59 Å². The molecule has 3 N–H and O–H groups in total. The van der Waals surface area contributed by atoms with E-state index in [1.165, 1.54) is 0 Å². The molecule has 2 fully saturated rings. The van der Waals surface area contributed by atoms with Crippen molar-refractivity contribution in [3.63, 3.8) is 0 Å². The maximum absolute atomic E-state index is 12.0. The average Bonchev–Trinajstić information content (AvgIpc) is 3.45. The molecular formula is C18H25N3O4. The van der Waals surface area contributed by atoms with E-state index in [0.29, 0.717) is 38.1 Å². The van der Waals surface area contributed by atoms with Crippen molar-refractivity contribution >= 4 is 11.8 Å². The maximum atomic E-state index is 12.0. The predicted octanol–water partition coefficient (Wildman–Crippen LogP) is -0.00890. The van der Waals surface area contributed by atoms with E-state index in [4.69, 9.17) is 9.47 Å². The summed E-state index contributed by atoms with van der Waals surface area (Å²) in [4.78, 5) is 23.5. The zero-order chi connectivity index (χ0) is 17.5. The van der Waals surface area contributed by atoms with Crippen molar-refractivity contribution in [2.45, 2.75) is 31.3 Å². The third-order valence-corrected chi connectivity index (χ3v) is 4.19. The standard InChI is InChI=1S/C18H25N3O4/c22-17(21-14-3-4-14)12-25-15-5-1-13(2-6-15)7-8-20-18(23)16-11-24-10-9-19-16/h1-2,5-6,14,16,19H,3-4,7-12H2,(H,20,23)(H,21,22). The fourth-order valence-corrected chi connectivity index (χ4v) is 2.59. The first-order chi connectivity index (χ1) is 12.2. The summed E-state index contributed by atoms with van der Waals surface area (Å²) in [7, 11) is 0. The lowest BCUT2D eigenvalue weighted by molar-refractivity contribution is -0.126. The molecule has 2 aliphatic rings. The van der Waals surface area contributed by atoms with Gasteiger partial charge in [-0.05, 0) is 37.0 Å². The van der Waals surface area contributed by atoms with Crippen molar-refractivity contribution < 1.29 is 19.1 Å². The highest BCUT2D eigenvalue weighted by atomic mass is 16.5. The normalized spacial score (nSPS) is 19.9. The van der Waals surface area contributed by atoms with Gasteiger partial charge < -0.3 is 25.4 Å². The largest absolute Gasteiger partial charge is 0.484 e. The number of amides is 2. The first-order valence-electron chi connectivity index (χ1n) is 8.80. The van der Waals surface area contributed by atoms with Crippen LogP contribution < -0.4 is 20.7 Å². The number of carbonyl (C=O) groups is 2. The number of morpholine rings is 1. The number of ether oxygens (including phenoxy) is 2. The van der Waals surface area contributed by atoms with Crippen LogP contribution in [0.25, 0.3) is 0 Å². The van der Waals surface area contributed by atoms with Crippen molar-refractivity contribution in [1.82, 2.24) is 16.0 Å². The quantitative estimate of drug-likeness (QED) is 0.616. The molecule has 1 atom stereocenters. The fraction of sp³-hybridized carbons (Fsp3) is 0.556. The summed E-state index contributed by atoms with van der Waals surface area (Å²) in [5.41, 5.74) is 1.10. The Kier molecular flexibility index (Phi) is 6.25. The van der Waals surface area contributed by atoms with Gasteiger partial charge in [-0.3, -0.25) is 9.59 Å². The number of hydrogen-bond donors (Lipinski definition) is 3. The summed E-state index contributed by atoms with van der Waals surface area (Å²) in [6.07, 6.45) is 2.88. The molecule has 1 saturated heterocycles. The van der Waals surface area contributed by atoms with Crippen molar-refractivity contribution in [2.75, 3.05) is 32.9 Å². The number of hydrogen-bond acceptors (Lipinski definition) is 5. The van der Waals surface area contributed by atoms with Gasteiger partial charge in [-0.15, -0.1) is 0 Å². The van der Waals surface area contributed by atoms with Gasteiger partial charge in [0.2, 0.25) is 5.91 Å². The minimum atomic E-state index is -0.258. The molecule has 1 aliphatic heterocycles. The SMILES string of the molecule is O=C(COc1ccc(CCNC(=O)C2COCCN2)cc1)NC1CC1. The van der Waals surface area contributed by atoms with Crippen molar-refractivity contribution in [3.05, 3.63) is 29.8 Å². The second-order valence-electron chi connectivity index (χ2n) is 6.40. The van der Waals surface area contributed by atoms with E-state index in [0.717, 1.165) is 24.8 Å². The van der Waals surface area contributed by atoms with E-state index in [1.54, 1.807) is 0 Å². The topological polar surface area (TPSA) is 88.7 Å². The molecule has 7 heteroatoms. The van der Waals surface area contributed by atoms with Gasteiger partial charge in [0.25, 0.3) is 5.91 Å². The van der Waals surface area contributed by atoms with Crippen LogP contribution in [0.2, 0.25) is 0 Å². The maximum Gasteiger partial charge on any atom is 0.258 e. The van der Waals surface area contributed by atoms with Crippen LogP contribution in [0.15, 0.2) is 24.3 Å². The summed E-state index contributed by atoms with van der Waals surface area (Å²) >= 11 is 0. The molecule has 1 heterocycles. The highest BCUT2D eigenvalue weighted by Gasteiger charge is 2.23. The molecule has 2 amide bonds. The second-order valence-corrected chi connectivity index (χ2v) is 6.40. The van der Waals surface area contributed by atoms with Gasteiger partial charge in [0.1, 0.15) is 11.8 Å². The molecule has 1 saturated carbocycles. The van der Waals surface area contributed by atoms with Gasteiger partial charge in [0.05, 0.1) is 13.2 Å². The Hall–Kier alpha value is -2.12. The lowest BCUT2D eigenvalue weighted by atomic mass is 10.1. The van der Waals surface area contributed by atoms with E-state index >= 15 is 0 Å². The number of nitrogens with one attached hydrogen (secondary N) is 3. The molecule has 1 unspecified atom stereocenters. The zero-order valence-corrected chi connectivity index (χ0v) is 14.3. The molecule has 0 radical (unpaired) electrons. The van der Waals surface area contributed by atoms with Gasteiger partial charge in [0, 0.05) is 19.1 Å². The van der Waals surface area contributed by atoms with Gasteiger partial charge in [-0.2, -0.15) is 0 Å². The van der Waals surface area contributed by atoms with Crippen LogP contribution in [0, 0.1) is 0 Å². The Labute approximate surface area is 147 Å². The second kappa shape index (κ2) is 8.82. The van der Waals surface area contributed by atoms with Crippen LogP contribution in [0.4, 0.5) is 0 Å². The summed E-state index contributed by atoms with van der Waals surface area (Å²) in [6.45, 7) is 2.40. The summed E-state index contributed by atoms with van der Waals surface area (Å²) < 4.78 is 10.7. The molecule has 0 spiro atoms. The van der Waals surface area contributed by atoms with Crippen LogP contribution in [0.3, 0.4) is 0 Å². The average molecular weight is 347 g/mol. The van der Waals surface area contributed by atoms with Crippen LogP contribution >= 0.6 is 0 Å². The van der Waals surface area contributed by atoms with Crippen LogP contribution in [0.1, 0.15) is 18.4 Å². The lowest BCUT2D eigenvalue weighted by Crippen LogP contribution is -2.51. The molecule has 0 bridgehead atoms. The molecule has 25 heavy (non-hydrogen) atoms. The van der Waals surface area contributed by atoms with Crippen LogP contribution in [-0.4, -0.2) is 56.8 Å². The van der Waals surface area contributed by atoms with Crippen molar-refractivity contribution in [2.24, 2.45) is 0 Å². The van der Waals surface area contributed by atoms with Gasteiger partial charge >= 0.3 is 0 Å². The number of benzene rings is 1. The number of carbonyl (C=O) groups excluding carboxylic acids is 2. The monoisotopic (exact) mass is 347 g/mol. The Morgan fingerprint density at radius 1 is 1.24 bits per heavy atom. The van der Waals surface area contributed by atoms with E-state index in [2.05, 4.69) is 16.0 Å². The van der Waals surface area contributed by atoms with Gasteiger partial charge in [-0.25, -0.2) is 0 Å².